The Labute approximate surface area is 160 Å². The molecule has 8 heteroatoms. The molecule has 0 saturated carbocycles. The van der Waals surface area contributed by atoms with Crippen LogP contribution >= 0.6 is 0 Å². The van der Waals surface area contributed by atoms with Crippen molar-refractivity contribution >= 4 is 29.4 Å². The minimum absolute atomic E-state index is 0.0409. The number of anilines is 1. The second-order valence-electron chi connectivity index (χ2n) is 5.81. The maximum absolute atomic E-state index is 12.0. The molecule has 0 aliphatic carbocycles. The summed E-state index contributed by atoms with van der Waals surface area (Å²) in [6.07, 6.45) is 3.06. The molecule has 0 unspecified atom stereocenters. The van der Waals surface area contributed by atoms with E-state index < -0.39 is 4.92 Å². The van der Waals surface area contributed by atoms with Crippen molar-refractivity contribution in [2.24, 2.45) is 0 Å². The van der Waals surface area contributed by atoms with Crippen LogP contribution in [0, 0.1) is 17.0 Å². The van der Waals surface area contributed by atoms with Crippen LogP contribution in [-0.2, 0) is 4.79 Å². The van der Waals surface area contributed by atoms with E-state index in [0.29, 0.717) is 17.0 Å². The van der Waals surface area contributed by atoms with Gasteiger partial charge in [-0.1, -0.05) is 41.6 Å². The molecule has 0 aliphatic rings. The van der Waals surface area contributed by atoms with Crippen LogP contribution in [0.2, 0.25) is 0 Å². The summed E-state index contributed by atoms with van der Waals surface area (Å²) in [6.45, 7) is 1.32. The lowest BCUT2D eigenvalue weighted by atomic mass is 10.1. The molecule has 8 nitrogen and oxygen atoms in total. The molecule has 3 rings (SSSR count). The molecule has 1 amide bonds. The molecule has 1 N–H and O–H groups in total. The molecule has 0 fully saturated rings. The van der Waals surface area contributed by atoms with E-state index in [9.17, 15) is 14.9 Å². The zero-order valence-electron chi connectivity index (χ0n) is 15.0. The summed E-state index contributed by atoms with van der Waals surface area (Å²) >= 11 is 0. The maximum atomic E-state index is 12.0. The van der Waals surface area contributed by atoms with Gasteiger partial charge in [-0.15, -0.1) is 0 Å². The highest BCUT2D eigenvalue weighted by atomic mass is 16.6. The molecular weight excluding hydrogens is 362 g/mol. The number of hydrogen-bond donors (Lipinski definition) is 1. The van der Waals surface area contributed by atoms with Crippen LogP contribution in [0.1, 0.15) is 17.0 Å². The lowest BCUT2D eigenvalue weighted by molar-refractivity contribution is -0.386. The van der Waals surface area contributed by atoms with Gasteiger partial charge in [0.15, 0.2) is 12.3 Å². The average Bonchev–Trinajstić information content (AvgIpc) is 3.07. The molecule has 28 heavy (non-hydrogen) atoms. The van der Waals surface area contributed by atoms with Crippen molar-refractivity contribution in [3.05, 3.63) is 81.7 Å². The van der Waals surface area contributed by atoms with Crippen molar-refractivity contribution in [2.75, 3.05) is 11.9 Å². The first-order valence-electron chi connectivity index (χ1n) is 8.40. The fourth-order valence-electron chi connectivity index (χ4n) is 2.49. The highest BCUT2D eigenvalue weighted by molar-refractivity contribution is 5.91. The third-order valence-corrected chi connectivity index (χ3v) is 3.79. The zero-order chi connectivity index (χ0) is 19.9. The molecule has 1 heterocycles. The van der Waals surface area contributed by atoms with Gasteiger partial charge in [-0.05, 0) is 37.3 Å². The number of aryl methyl sites for hydroxylation is 1. The summed E-state index contributed by atoms with van der Waals surface area (Å²) in [5.74, 6) is 0.200. The number of ether oxygens (including phenoxy) is 1. The average molecular weight is 379 g/mol. The zero-order valence-corrected chi connectivity index (χ0v) is 15.0. The van der Waals surface area contributed by atoms with Gasteiger partial charge in [-0.3, -0.25) is 14.9 Å². The van der Waals surface area contributed by atoms with Gasteiger partial charge in [0.05, 0.1) is 4.92 Å². The minimum atomic E-state index is -0.540. The van der Waals surface area contributed by atoms with E-state index in [-0.39, 0.29) is 29.7 Å². The number of nitrogens with one attached hydrogen (secondary N) is 1. The first-order chi connectivity index (χ1) is 13.5. The minimum Gasteiger partial charge on any atom is -0.483 e. The van der Waals surface area contributed by atoms with E-state index in [1.54, 1.807) is 42.5 Å². The smallest absolute Gasteiger partial charge is 0.338 e. The molecule has 0 bridgehead atoms. The quantitative estimate of drug-likeness (QED) is 0.489. The summed E-state index contributed by atoms with van der Waals surface area (Å²) in [6, 6.07) is 16.1. The standard InChI is InChI=1S/C20H17N3O5/c1-14-20(23(25)26)18(28-22-14)12-11-15-7-5-6-10-17(15)27-13-19(24)21-16-8-3-2-4-9-16/h2-12H,13H2,1H3,(H,21,24). The summed E-state index contributed by atoms with van der Waals surface area (Å²) in [7, 11) is 0. The van der Waals surface area contributed by atoms with Crippen LogP contribution in [0.25, 0.3) is 12.2 Å². The molecule has 0 aliphatic heterocycles. The number of hydrogen-bond acceptors (Lipinski definition) is 6. The predicted octanol–water partition coefficient (Wildman–Crippen LogP) is 4.08. The van der Waals surface area contributed by atoms with E-state index in [1.807, 2.05) is 18.2 Å². The van der Waals surface area contributed by atoms with Crippen molar-refractivity contribution in [3.63, 3.8) is 0 Å². The van der Waals surface area contributed by atoms with Crippen molar-refractivity contribution in [3.8, 4) is 5.75 Å². The number of carbonyl (C=O) groups is 1. The molecule has 0 atom stereocenters. The number of para-hydroxylation sites is 2. The fourth-order valence-corrected chi connectivity index (χ4v) is 2.49. The summed E-state index contributed by atoms with van der Waals surface area (Å²) in [5.41, 5.74) is 1.33. The van der Waals surface area contributed by atoms with Gasteiger partial charge >= 0.3 is 5.69 Å². The Morgan fingerprint density at radius 1 is 1.18 bits per heavy atom. The Hall–Kier alpha value is -3.94. The number of benzene rings is 2. The molecule has 2 aromatic carbocycles. The number of carbonyl (C=O) groups excluding carboxylic acids is 1. The third-order valence-electron chi connectivity index (χ3n) is 3.79. The van der Waals surface area contributed by atoms with Gasteiger partial charge in [-0.25, -0.2) is 0 Å². The van der Waals surface area contributed by atoms with E-state index in [0.717, 1.165) is 0 Å². The lowest BCUT2D eigenvalue weighted by Crippen LogP contribution is -2.20. The number of nitrogens with zero attached hydrogens (tertiary/aromatic N) is 2. The first-order valence-corrected chi connectivity index (χ1v) is 8.40. The van der Waals surface area contributed by atoms with Gasteiger partial charge in [0.25, 0.3) is 5.91 Å². The van der Waals surface area contributed by atoms with E-state index in [2.05, 4.69) is 10.5 Å². The molecule has 1 aromatic heterocycles. The molecular formula is C20H17N3O5. The monoisotopic (exact) mass is 379 g/mol. The van der Waals surface area contributed by atoms with Gasteiger partial charge < -0.3 is 14.6 Å². The van der Waals surface area contributed by atoms with Gasteiger partial charge in [0, 0.05) is 11.3 Å². The highest BCUT2D eigenvalue weighted by Crippen LogP contribution is 2.26. The van der Waals surface area contributed by atoms with Gasteiger partial charge in [-0.2, -0.15) is 0 Å². The van der Waals surface area contributed by atoms with Crippen molar-refractivity contribution < 1.29 is 19.0 Å². The van der Waals surface area contributed by atoms with E-state index in [4.69, 9.17) is 9.26 Å². The number of aromatic nitrogens is 1. The Bertz CT molecular complexity index is 1010. The first kappa shape index (κ1) is 18.8. The van der Waals surface area contributed by atoms with Crippen LogP contribution < -0.4 is 10.1 Å². The number of amides is 1. The maximum Gasteiger partial charge on any atom is 0.338 e. The fraction of sp³-hybridized carbons (Fsp3) is 0.100. The van der Waals surface area contributed by atoms with Crippen LogP contribution in [0.4, 0.5) is 11.4 Å². The van der Waals surface area contributed by atoms with Crippen molar-refractivity contribution in [1.29, 1.82) is 0 Å². The third kappa shape index (κ3) is 4.61. The Morgan fingerprint density at radius 2 is 1.89 bits per heavy atom. The van der Waals surface area contributed by atoms with Crippen molar-refractivity contribution in [1.82, 2.24) is 5.16 Å². The van der Waals surface area contributed by atoms with E-state index >= 15 is 0 Å². The Kier molecular flexibility index (Phi) is 5.81. The second kappa shape index (κ2) is 8.63. The van der Waals surface area contributed by atoms with Crippen LogP contribution in [-0.4, -0.2) is 22.6 Å². The number of rotatable bonds is 7. The normalized spacial score (nSPS) is 10.8. The molecule has 3 aromatic rings. The molecule has 142 valence electrons. The summed E-state index contributed by atoms with van der Waals surface area (Å²) in [4.78, 5) is 22.6. The molecule has 0 spiro atoms. The Morgan fingerprint density at radius 3 is 2.64 bits per heavy atom. The van der Waals surface area contributed by atoms with Crippen molar-refractivity contribution in [2.45, 2.75) is 6.92 Å². The molecule has 0 saturated heterocycles. The lowest BCUT2D eigenvalue weighted by Gasteiger charge is -2.09. The highest BCUT2D eigenvalue weighted by Gasteiger charge is 2.22. The predicted molar refractivity (Wildman–Crippen MR) is 104 cm³/mol. The van der Waals surface area contributed by atoms with Gasteiger partial charge in [0.1, 0.15) is 5.75 Å². The number of nitro groups is 1. The topological polar surface area (TPSA) is 108 Å². The Balaban J connectivity index is 1.70. The van der Waals surface area contributed by atoms with Crippen LogP contribution in [0.3, 0.4) is 0 Å². The molecule has 0 radical (unpaired) electrons. The van der Waals surface area contributed by atoms with Crippen LogP contribution in [0.15, 0.2) is 59.1 Å². The second-order valence-corrected chi connectivity index (χ2v) is 5.81. The largest absolute Gasteiger partial charge is 0.483 e. The summed E-state index contributed by atoms with van der Waals surface area (Å²) in [5, 5.41) is 17.5. The summed E-state index contributed by atoms with van der Waals surface area (Å²) < 4.78 is 10.6. The SMILES string of the molecule is Cc1noc(C=Cc2ccccc2OCC(=O)Nc2ccccc2)c1[N+](=O)[O-]. The van der Waals surface area contributed by atoms with Crippen LogP contribution in [0.5, 0.6) is 5.75 Å². The van der Waals surface area contributed by atoms with E-state index in [1.165, 1.54) is 13.0 Å². The van der Waals surface area contributed by atoms with Gasteiger partial charge in [0.2, 0.25) is 5.76 Å².